The van der Waals surface area contributed by atoms with Gasteiger partial charge in [-0.05, 0) is 30.7 Å². The molecular formula is C21H25ClN9+. The maximum absolute atomic E-state index is 8.95. The minimum Gasteiger partial charge on any atom is -0.319 e. The molecule has 0 spiro atoms. The Morgan fingerprint density at radius 1 is 1.13 bits per heavy atom. The third kappa shape index (κ3) is 5.09. The lowest BCUT2D eigenvalue weighted by Gasteiger charge is -2.50. The molecule has 3 aliphatic rings. The van der Waals surface area contributed by atoms with Gasteiger partial charge in [-0.25, -0.2) is 0 Å². The van der Waals surface area contributed by atoms with Crippen molar-refractivity contribution in [2.75, 3.05) is 58.9 Å². The molecule has 10 heteroatoms. The van der Waals surface area contributed by atoms with E-state index in [1.165, 1.54) is 50.3 Å². The molecule has 3 fully saturated rings. The van der Waals surface area contributed by atoms with E-state index in [2.05, 4.69) is 30.4 Å². The number of piperazine rings is 3. The van der Waals surface area contributed by atoms with Crippen LogP contribution in [0.1, 0.15) is 17.0 Å². The van der Waals surface area contributed by atoms with Crippen molar-refractivity contribution in [2.24, 2.45) is 10.2 Å². The molecule has 5 rings (SSSR count). The van der Waals surface area contributed by atoms with Crippen LogP contribution in [0.2, 0.25) is 5.02 Å². The van der Waals surface area contributed by atoms with Crippen molar-refractivity contribution >= 4 is 23.2 Å². The van der Waals surface area contributed by atoms with E-state index in [1.807, 2.05) is 30.3 Å². The van der Waals surface area contributed by atoms with Crippen molar-refractivity contribution in [1.82, 2.24) is 20.2 Å². The third-order valence-electron chi connectivity index (χ3n) is 6.20. The van der Waals surface area contributed by atoms with Crippen LogP contribution in [0.4, 0.5) is 11.6 Å². The number of hydrogen-bond acceptors (Lipinski definition) is 7. The molecule has 0 amide bonds. The van der Waals surface area contributed by atoms with Gasteiger partial charge in [-0.3, -0.25) is 4.90 Å². The van der Waals surface area contributed by atoms with Gasteiger partial charge in [0.2, 0.25) is 5.95 Å². The molecule has 1 aromatic carbocycles. The summed E-state index contributed by atoms with van der Waals surface area (Å²) in [6.45, 7) is 10.8. The number of hydrogen-bond donors (Lipinski definition) is 2. The summed E-state index contributed by atoms with van der Waals surface area (Å²) in [6, 6.07) is 9.39. The molecule has 9 nitrogen and oxygen atoms in total. The molecule has 0 radical (unpaired) electrons. The van der Waals surface area contributed by atoms with Gasteiger partial charge in [0.25, 0.3) is 0 Å². The Morgan fingerprint density at radius 3 is 2.55 bits per heavy atom. The van der Waals surface area contributed by atoms with Crippen LogP contribution in [0.15, 0.2) is 28.4 Å². The maximum atomic E-state index is 8.95. The van der Waals surface area contributed by atoms with Crippen molar-refractivity contribution in [3.05, 3.63) is 40.2 Å². The van der Waals surface area contributed by atoms with E-state index >= 15 is 0 Å². The zero-order valence-electron chi connectivity index (χ0n) is 17.3. The Morgan fingerprint density at radius 2 is 1.90 bits per heavy atom. The summed E-state index contributed by atoms with van der Waals surface area (Å²) < 4.78 is 1.27. The molecule has 3 saturated heterocycles. The summed E-state index contributed by atoms with van der Waals surface area (Å²) >= 11 is 6.35. The zero-order chi connectivity index (χ0) is 21.7. The molecule has 0 unspecified atom stereocenters. The van der Waals surface area contributed by atoms with Gasteiger partial charge in [0.05, 0.1) is 31.2 Å². The predicted octanol–water partition coefficient (Wildman–Crippen LogP) is 2.50. The van der Waals surface area contributed by atoms with Gasteiger partial charge >= 0.3 is 0 Å². The molecule has 1 aromatic heterocycles. The summed E-state index contributed by atoms with van der Waals surface area (Å²) in [5.74, 6) is 0.0963. The molecule has 2 N–H and O–H groups in total. The number of benzene rings is 1. The highest BCUT2D eigenvalue weighted by Crippen LogP contribution is 2.27. The van der Waals surface area contributed by atoms with Crippen molar-refractivity contribution in [2.45, 2.75) is 6.42 Å². The number of rotatable bonds is 8. The first-order valence-corrected chi connectivity index (χ1v) is 10.9. The van der Waals surface area contributed by atoms with E-state index in [9.17, 15) is 0 Å². The SMILES string of the molecule is N#Cc1nc(N=Nc2ccc(CCNCC[N+]34CCN(CC3)CC4)cc2Cl)[nH]c1C#N. The number of halogens is 1. The van der Waals surface area contributed by atoms with Crippen LogP contribution in [0.3, 0.4) is 0 Å². The topological polar surface area (TPSA) is 116 Å². The largest absolute Gasteiger partial charge is 0.319 e. The number of imidazole rings is 1. The van der Waals surface area contributed by atoms with E-state index in [0.717, 1.165) is 25.1 Å². The first-order chi connectivity index (χ1) is 15.1. The average molecular weight is 439 g/mol. The number of quaternary nitrogens is 1. The molecule has 3 aliphatic heterocycles. The minimum absolute atomic E-state index is 0.00209. The van der Waals surface area contributed by atoms with E-state index in [4.69, 9.17) is 22.1 Å². The van der Waals surface area contributed by atoms with Gasteiger partial charge in [0.15, 0.2) is 11.4 Å². The minimum atomic E-state index is -0.00209. The predicted molar refractivity (Wildman–Crippen MR) is 116 cm³/mol. The molecule has 0 atom stereocenters. The van der Waals surface area contributed by atoms with Crippen molar-refractivity contribution in [3.63, 3.8) is 0 Å². The van der Waals surface area contributed by atoms with Crippen LogP contribution in [-0.2, 0) is 6.42 Å². The Labute approximate surface area is 186 Å². The van der Waals surface area contributed by atoms with Gasteiger partial charge in [-0.1, -0.05) is 17.7 Å². The fraction of sp³-hybridized carbons (Fsp3) is 0.476. The average Bonchev–Trinajstić information content (AvgIpc) is 3.22. The first kappa shape index (κ1) is 21.4. The molecule has 0 saturated carbocycles. The molecule has 2 aromatic rings. The number of fused-ring (bicyclic) bond motifs is 3. The molecule has 0 aliphatic carbocycles. The van der Waals surface area contributed by atoms with Crippen molar-refractivity contribution in [3.8, 4) is 12.1 Å². The lowest BCUT2D eigenvalue weighted by molar-refractivity contribution is -0.939. The Kier molecular flexibility index (Phi) is 6.59. The van der Waals surface area contributed by atoms with Gasteiger partial charge in [0, 0.05) is 26.2 Å². The number of aromatic amines is 1. The quantitative estimate of drug-likeness (QED) is 0.373. The third-order valence-corrected chi connectivity index (χ3v) is 6.50. The highest BCUT2D eigenvalue weighted by molar-refractivity contribution is 6.33. The number of azo groups is 1. The van der Waals surface area contributed by atoms with E-state index in [1.54, 1.807) is 0 Å². The summed E-state index contributed by atoms with van der Waals surface area (Å²) in [5, 5.41) is 30.0. The van der Waals surface area contributed by atoms with E-state index < -0.39 is 0 Å². The normalized spacial score (nSPS) is 22.5. The Bertz CT molecular complexity index is 993. The molecular weight excluding hydrogens is 414 g/mol. The lowest BCUT2D eigenvalue weighted by Crippen LogP contribution is -2.68. The van der Waals surface area contributed by atoms with Crippen LogP contribution in [0.5, 0.6) is 0 Å². The van der Waals surface area contributed by atoms with Gasteiger partial charge in [-0.2, -0.15) is 15.5 Å². The summed E-state index contributed by atoms with van der Waals surface area (Å²) in [7, 11) is 0. The molecule has 4 heterocycles. The zero-order valence-corrected chi connectivity index (χ0v) is 18.1. The second-order valence-electron chi connectivity index (χ2n) is 8.07. The summed E-state index contributed by atoms with van der Waals surface area (Å²) in [4.78, 5) is 9.13. The monoisotopic (exact) mass is 438 g/mol. The number of H-pyrrole nitrogens is 1. The fourth-order valence-corrected chi connectivity index (χ4v) is 4.44. The number of nitriles is 2. The number of aromatic nitrogens is 2. The number of nitrogens with zero attached hydrogens (tertiary/aromatic N) is 7. The first-order valence-electron chi connectivity index (χ1n) is 10.5. The highest BCUT2D eigenvalue weighted by atomic mass is 35.5. The lowest BCUT2D eigenvalue weighted by atomic mass is 10.1. The van der Waals surface area contributed by atoms with Gasteiger partial charge in [0.1, 0.15) is 17.8 Å². The van der Waals surface area contributed by atoms with Crippen LogP contribution < -0.4 is 5.32 Å². The second kappa shape index (κ2) is 9.54. The van der Waals surface area contributed by atoms with Crippen molar-refractivity contribution < 1.29 is 4.48 Å². The molecule has 31 heavy (non-hydrogen) atoms. The maximum Gasteiger partial charge on any atom is 0.249 e. The highest BCUT2D eigenvalue weighted by Gasteiger charge is 2.37. The Balaban J connectivity index is 1.25. The summed E-state index contributed by atoms with van der Waals surface area (Å²) in [6.07, 6.45) is 0.889. The van der Waals surface area contributed by atoms with Gasteiger partial charge < -0.3 is 14.8 Å². The van der Waals surface area contributed by atoms with Crippen LogP contribution in [0.25, 0.3) is 0 Å². The number of nitrogens with one attached hydrogen (secondary N) is 2. The van der Waals surface area contributed by atoms with Crippen molar-refractivity contribution in [1.29, 1.82) is 10.5 Å². The second-order valence-corrected chi connectivity index (χ2v) is 8.48. The fourth-order valence-electron chi connectivity index (χ4n) is 4.20. The smallest absolute Gasteiger partial charge is 0.249 e. The summed E-state index contributed by atoms with van der Waals surface area (Å²) in [5.41, 5.74) is 1.70. The van der Waals surface area contributed by atoms with Gasteiger partial charge in [-0.15, -0.1) is 10.2 Å². The van der Waals surface area contributed by atoms with E-state index in [-0.39, 0.29) is 17.3 Å². The van der Waals surface area contributed by atoms with Crippen LogP contribution in [-0.4, -0.2) is 78.3 Å². The van der Waals surface area contributed by atoms with E-state index in [0.29, 0.717) is 10.7 Å². The standard InChI is InChI=1S/C21H25ClN9/c22-17-13-16(3-4-25-5-9-31-10-6-30(7-11-31)8-12-31)1-2-18(17)28-29-21-26-19(14-23)20(15-24)27-21/h1-2,13,25H,3-12H2,(H,26,27)/q+1. The van der Waals surface area contributed by atoms with Crippen LogP contribution in [0, 0.1) is 22.7 Å². The molecule has 2 bridgehead atoms. The Hall–Kier alpha value is -2.82. The molecule has 160 valence electrons. The van der Waals surface area contributed by atoms with Crippen LogP contribution >= 0.6 is 11.6 Å².